The van der Waals surface area contributed by atoms with E-state index in [1.54, 1.807) is 10.7 Å². The van der Waals surface area contributed by atoms with Gasteiger partial charge in [0.1, 0.15) is 4.99 Å². The van der Waals surface area contributed by atoms with Gasteiger partial charge < -0.3 is 5.73 Å². The first-order valence-electron chi connectivity index (χ1n) is 5.80. The normalized spacial score (nSPS) is 14.7. The van der Waals surface area contributed by atoms with E-state index in [1.807, 2.05) is 24.4 Å². The van der Waals surface area contributed by atoms with E-state index in [0.29, 0.717) is 15.9 Å². The van der Waals surface area contributed by atoms with Crippen LogP contribution in [0.3, 0.4) is 0 Å². The van der Waals surface area contributed by atoms with Gasteiger partial charge in [0.2, 0.25) is 0 Å². The van der Waals surface area contributed by atoms with Crippen LogP contribution in [-0.4, -0.2) is 14.8 Å². The molecule has 0 amide bonds. The molecular weight excluding hydrogens is 266 g/mol. The minimum Gasteiger partial charge on any atom is -0.389 e. The SMILES string of the molecule is NC(=S)c1ccc(Cl)cc1-n1ccc(C2CC2)n1. The molecule has 92 valence electrons. The maximum Gasteiger partial charge on any atom is 0.106 e. The van der Waals surface area contributed by atoms with E-state index in [1.165, 1.54) is 12.8 Å². The summed E-state index contributed by atoms with van der Waals surface area (Å²) in [6.07, 6.45) is 4.39. The summed E-state index contributed by atoms with van der Waals surface area (Å²) in [5.41, 5.74) is 8.48. The molecule has 1 heterocycles. The van der Waals surface area contributed by atoms with Crippen molar-refractivity contribution in [1.82, 2.24) is 9.78 Å². The summed E-state index contributed by atoms with van der Waals surface area (Å²) >= 11 is 11.1. The molecule has 0 bridgehead atoms. The molecule has 0 unspecified atom stereocenters. The van der Waals surface area contributed by atoms with Gasteiger partial charge in [0.05, 0.1) is 11.4 Å². The number of thiocarbonyl (C=S) groups is 1. The van der Waals surface area contributed by atoms with Crippen LogP contribution in [0.1, 0.15) is 30.0 Å². The van der Waals surface area contributed by atoms with Crippen LogP contribution in [0.25, 0.3) is 5.69 Å². The molecule has 1 aliphatic rings. The van der Waals surface area contributed by atoms with Crippen LogP contribution < -0.4 is 5.73 Å². The molecule has 1 saturated carbocycles. The summed E-state index contributed by atoms with van der Waals surface area (Å²) in [4.78, 5) is 0.352. The van der Waals surface area contributed by atoms with Crippen molar-refractivity contribution in [2.24, 2.45) is 5.73 Å². The van der Waals surface area contributed by atoms with Crippen LogP contribution in [0.5, 0.6) is 0 Å². The number of halogens is 1. The summed E-state index contributed by atoms with van der Waals surface area (Å²) in [6.45, 7) is 0. The van der Waals surface area contributed by atoms with Crippen LogP contribution >= 0.6 is 23.8 Å². The highest BCUT2D eigenvalue weighted by Crippen LogP contribution is 2.39. The van der Waals surface area contributed by atoms with Crippen LogP contribution in [0.2, 0.25) is 5.02 Å². The zero-order valence-corrected chi connectivity index (χ0v) is 11.2. The minimum atomic E-state index is 0.352. The number of hydrogen-bond acceptors (Lipinski definition) is 2. The molecule has 0 radical (unpaired) electrons. The number of benzene rings is 1. The lowest BCUT2D eigenvalue weighted by Gasteiger charge is -2.08. The lowest BCUT2D eigenvalue weighted by Crippen LogP contribution is -2.13. The maximum absolute atomic E-state index is 6.03. The second-order valence-corrected chi connectivity index (χ2v) is 5.36. The van der Waals surface area contributed by atoms with E-state index in [9.17, 15) is 0 Å². The lowest BCUT2D eigenvalue weighted by atomic mass is 10.2. The van der Waals surface area contributed by atoms with Crippen molar-refractivity contribution in [2.45, 2.75) is 18.8 Å². The first kappa shape index (κ1) is 11.7. The summed E-state index contributed by atoms with van der Waals surface area (Å²) in [5.74, 6) is 0.624. The second kappa shape index (κ2) is 4.37. The molecule has 0 aliphatic heterocycles. The quantitative estimate of drug-likeness (QED) is 0.877. The van der Waals surface area contributed by atoms with Gasteiger partial charge in [-0.05, 0) is 37.1 Å². The Hall–Kier alpha value is -1.39. The maximum atomic E-state index is 6.03. The average Bonchev–Trinajstić information content (AvgIpc) is 3.07. The summed E-state index contributed by atoms with van der Waals surface area (Å²) < 4.78 is 1.80. The van der Waals surface area contributed by atoms with Gasteiger partial charge in [-0.2, -0.15) is 5.10 Å². The number of rotatable bonds is 3. The first-order valence-corrected chi connectivity index (χ1v) is 6.59. The molecule has 1 aromatic carbocycles. The number of nitrogens with zero attached hydrogens (tertiary/aromatic N) is 2. The zero-order valence-electron chi connectivity index (χ0n) is 9.64. The highest BCUT2D eigenvalue weighted by molar-refractivity contribution is 7.80. The van der Waals surface area contributed by atoms with Crippen LogP contribution in [-0.2, 0) is 0 Å². The molecule has 1 aliphatic carbocycles. The molecule has 18 heavy (non-hydrogen) atoms. The Bertz CT molecular complexity index is 616. The smallest absolute Gasteiger partial charge is 0.106 e. The highest BCUT2D eigenvalue weighted by Gasteiger charge is 2.26. The Kier molecular flexibility index (Phi) is 2.84. The third-order valence-electron chi connectivity index (χ3n) is 3.08. The van der Waals surface area contributed by atoms with Crippen LogP contribution in [0.4, 0.5) is 0 Å². The van der Waals surface area contributed by atoms with E-state index in [4.69, 9.17) is 29.6 Å². The van der Waals surface area contributed by atoms with Gasteiger partial charge in [0, 0.05) is 22.7 Å². The lowest BCUT2D eigenvalue weighted by molar-refractivity contribution is 0.836. The fourth-order valence-corrected chi connectivity index (χ4v) is 2.31. The fraction of sp³-hybridized carbons (Fsp3) is 0.231. The molecular formula is C13H12ClN3S. The fourth-order valence-electron chi connectivity index (χ4n) is 1.97. The summed E-state index contributed by atoms with van der Waals surface area (Å²) in [5, 5.41) is 5.22. The van der Waals surface area contributed by atoms with Crippen molar-refractivity contribution in [3.63, 3.8) is 0 Å². The molecule has 2 N–H and O–H groups in total. The van der Waals surface area contributed by atoms with Crippen molar-refractivity contribution in [1.29, 1.82) is 0 Å². The van der Waals surface area contributed by atoms with Gasteiger partial charge >= 0.3 is 0 Å². The van der Waals surface area contributed by atoms with E-state index in [-0.39, 0.29) is 0 Å². The topological polar surface area (TPSA) is 43.8 Å². The molecule has 0 spiro atoms. The molecule has 1 fully saturated rings. The first-order chi connectivity index (χ1) is 8.65. The minimum absolute atomic E-state index is 0.352. The summed E-state index contributed by atoms with van der Waals surface area (Å²) in [6, 6.07) is 7.49. The monoisotopic (exact) mass is 277 g/mol. The Morgan fingerprint density at radius 1 is 1.39 bits per heavy atom. The van der Waals surface area contributed by atoms with E-state index in [0.717, 1.165) is 16.9 Å². The van der Waals surface area contributed by atoms with Crippen molar-refractivity contribution in [3.05, 3.63) is 46.7 Å². The predicted molar refractivity (Wildman–Crippen MR) is 76.4 cm³/mol. The third kappa shape index (κ3) is 2.13. The Morgan fingerprint density at radius 3 is 2.83 bits per heavy atom. The predicted octanol–water partition coefficient (Wildman–Crippen LogP) is 3.04. The van der Waals surface area contributed by atoms with Crippen LogP contribution in [0.15, 0.2) is 30.5 Å². The van der Waals surface area contributed by atoms with E-state index >= 15 is 0 Å². The van der Waals surface area contributed by atoms with Gasteiger partial charge in [0.25, 0.3) is 0 Å². The molecule has 5 heteroatoms. The van der Waals surface area contributed by atoms with Gasteiger partial charge in [-0.1, -0.05) is 23.8 Å². The molecule has 0 saturated heterocycles. The largest absolute Gasteiger partial charge is 0.389 e. The summed E-state index contributed by atoms with van der Waals surface area (Å²) in [7, 11) is 0. The van der Waals surface area contributed by atoms with Gasteiger partial charge in [0.15, 0.2) is 0 Å². The number of hydrogen-bond donors (Lipinski definition) is 1. The van der Waals surface area contributed by atoms with Crippen molar-refractivity contribution < 1.29 is 0 Å². The van der Waals surface area contributed by atoms with E-state index in [2.05, 4.69) is 5.10 Å². The average molecular weight is 278 g/mol. The number of nitrogens with two attached hydrogens (primary N) is 1. The Balaban J connectivity index is 2.07. The standard InChI is InChI=1S/C13H12ClN3S/c14-9-3-4-10(13(15)18)12(7-9)17-6-5-11(16-17)8-1-2-8/h3-8H,1-2H2,(H2,15,18). The van der Waals surface area contributed by atoms with Gasteiger partial charge in [-0.15, -0.1) is 0 Å². The van der Waals surface area contributed by atoms with Gasteiger partial charge in [-0.25, -0.2) is 4.68 Å². The Labute approximate surface area is 116 Å². The molecule has 3 nitrogen and oxygen atoms in total. The molecule has 1 aromatic heterocycles. The highest BCUT2D eigenvalue weighted by atomic mass is 35.5. The van der Waals surface area contributed by atoms with E-state index < -0.39 is 0 Å². The van der Waals surface area contributed by atoms with Crippen LogP contribution in [0, 0.1) is 0 Å². The molecule has 0 atom stereocenters. The third-order valence-corrected chi connectivity index (χ3v) is 3.53. The van der Waals surface area contributed by atoms with Gasteiger partial charge in [-0.3, -0.25) is 0 Å². The zero-order chi connectivity index (χ0) is 12.7. The van der Waals surface area contributed by atoms with Crippen molar-refractivity contribution in [3.8, 4) is 5.69 Å². The van der Waals surface area contributed by atoms with Crippen molar-refractivity contribution in [2.75, 3.05) is 0 Å². The van der Waals surface area contributed by atoms with Crippen molar-refractivity contribution >= 4 is 28.8 Å². The Morgan fingerprint density at radius 2 is 2.17 bits per heavy atom. The molecule has 3 rings (SSSR count). The number of aromatic nitrogens is 2. The second-order valence-electron chi connectivity index (χ2n) is 4.49. The molecule has 2 aromatic rings.